The lowest BCUT2D eigenvalue weighted by atomic mass is 10.2. The van der Waals surface area contributed by atoms with Crippen molar-refractivity contribution in [3.05, 3.63) is 34.3 Å². The minimum atomic E-state index is -0.357. The first-order valence-corrected chi connectivity index (χ1v) is 5.98. The van der Waals surface area contributed by atoms with Crippen molar-refractivity contribution in [3.63, 3.8) is 0 Å². The van der Waals surface area contributed by atoms with E-state index in [-0.39, 0.29) is 5.82 Å². The van der Waals surface area contributed by atoms with Gasteiger partial charge in [0.2, 0.25) is 0 Å². The summed E-state index contributed by atoms with van der Waals surface area (Å²) in [7, 11) is 0. The molecule has 1 aromatic carbocycles. The Hall–Kier alpha value is -1.27. The lowest BCUT2D eigenvalue weighted by Gasteiger charge is -1.96. The second-order valence-electron chi connectivity index (χ2n) is 3.54. The molecular formula is C11H11BrFN3O. The molecule has 0 aliphatic rings. The van der Waals surface area contributed by atoms with E-state index >= 15 is 0 Å². The number of rotatable bonds is 4. The summed E-state index contributed by atoms with van der Waals surface area (Å²) >= 11 is 3.09. The molecular weight excluding hydrogens is 289 g/mol. The van der Waals surface area contributed by atoms with Gasteiger partial charge in [-0.15, -0.1) is 0 Å². The lowest BCUT2D eigenvalue weighted by molar-refractivity contribution is 0.421. The normalized spacial score (nSPS) is 10.8. The van der Waals surface area contributed by atoms with Crippen LogP contribution in [0.2, 0.25) is 0 Å². The Labute approximate surface area is 106 Å². The van der Waals surface area contributed by atoms with Gasteiger partial charge in [-0.05, 0) is 47.1 Å². The van der Waals surface area contributed by atoms with Crippen molar-refractivity contribution in [2.75, 3.05) is 6.54 Å². The molecule has 0 spiro atoms. The van der Waals surface area contributed by atoms with Gasteiger partial charge in [-0.25, -0.2) is 4.39 Å². The molecule has 1 heterocycles. The van der Waals surface area contributed by atoms with Crippen LogP contribution in [0.25, 0.3) is 11.5 Å². The standard InChI is InChI=1S/C11H11BrFN3O/c12-8-4-3-7(6-9(8)13)11-15-10(16-17-11)2-1-5-14/h3-4,6H,1-2,5,14H2. The van der Waals surface area contributed by atoms with Gasteiger partial charge in [0.05, 0.1) is 4.47 Å². The summed E-state index contributed by atoms with van der Waals surface area (Å²) in [6.45, 7) is 0.580. The summed E-state index contributed by atoms with van der Waals surface area (Å²) < 4.78 is 18.8. The van der Waals surface area contributed by atoms with Gasteiger partial charge < -0.3 is 10.3 Å². The Bertz CT molecular complexity index is 515. The third-order valence-electron chi connectivity index (χ3n) is 2.24. The molecule has 2 rings (SSSR count). The van der Waals surface area contributed by atoms with E-state index in [4.69, 9.17) is 10.3 Å². The van der Waals surface area contributed by atoms with Gasteiger partial charge in [0.1, 0.15) is 5.82 Å². The van der Waals surface area contributed by atoms with Gasteiger partial charge in [-0.3, -0.25) is 0 Å². The maximum absolute atomic E-state index is 13.3. The highest BCUT2D eigenvalue weighted by atomic mass is 79.9. The molecule has 4 nitrogen and oxygen atoms in total. The first-order chi connectivity index (χ1) is 8.20. The van der Waals surface area contributed by atoms with E-state index in [0.29, 0.717) is 34.7 Å². The summed E-state index contributed by atoms with van der Waals surface area (Å²) in [6.07, 6.45) is 1.46. The van der Waals surface area contributed by atoms with Gasteiger partial charge in [0, 0.05) is 12.0 Å². The first-order valence-electron chi connectivity index (χ1n) is 5.19. The summed E-state index contributed by atoms with van der Waals surface area (Å²) in [4.78, 5) is 4.17. The van der Waals surface area contributed by atoms with E-state index in [0.717, 1.165) is 6.42 Å². The predicted octanol–water partition coefficient (Wildman–Crippen LogP) is 2.53. The molecule has 0 saturated heterocycles. The number of aromatic nitrogens is 2. The van der Waals surface area contributed by atoms with E-state index in [1.807, 2.05) is 0 Å². The third kappa shape index (κ3) is 2.89. The van der Waals surface area contributed by atoms with Crippen LogP contribution in [0.4, 0.5) is 4.39 Å². The largest absolute Gasteiger partial charge is 0.334 e. The molecule has 2 aromatic rings. The highest BCUT2D eigenvalue weighted by Gasteiger charge is 2.10. The minimum Gasteiger partial charge on any atom is -0.334 e. The number of halogens is 2. The van der Waals surface area contributed by atoms with Crippen LogP contribution in [-0.4, -0.2) is 16.7 Å². The molecule has 2 N–H and O–H groups in total. The van der Waals surface area contributed by atoms with Crippen molar-refractivity contribution < 1.29 is 8.91 Å². The number of nitrogens with zero attached hydrogens (tertiary/aromatic N) is 2. The van der Waals surface area contributed by atoms with Crippen LogP contribution in [0.3, 0.4) is 0 Å². The van der Waals surface area contributed by atoms with Crippen molar-refractivity contribution in [1.82, 2.24) is 10.1 Å². The summed E-state index contributed by atoms with van der Waals surface area (Å²) in [6, 6.07) is 4.67. The zero-order chi connectivity index (χ0) is 12.3. The highest BCUT2D eigenvalue weighted by molar-refractivity contribution is 9.10. The number of hydrogen-bond acceptors (Lipinski definition) is 4. The fourth-order valence-corrected chi connectivity index (χ4v) is 1.61. The molecule has 0 radical (unpaired) electrons. The SMILES string of the molecule is NCCCc1noc(-c2ccc(Br)c(F)c2)n1. The van der Waals surface area contributed by atoms with Crippen molar-refractivity contribution in [2.24, 2.45) is 5.73 Å². The molecule has 1 aromatic heterocycles. The first kappa shape index (κ1) is 12.2. The van der Waals surface area contributed by atoms with Gasteiger partial charge >= 0.3 is 0 Å². The molecule has 90 valence electrons. The van der Waals surface area contributed by atoms with Gasteiger partial charge in [-0.1, -0.05) is 5.16 Å². The van der Waals surface area contributed by atoms with Crippen molar-refractivity contribution in [3.8, 4) is 11.5 Å². The molecule has 0 aliphatic heterocycles. The fourth-order valence-electron chi connectivity index (χ4n) is 1.36. The van der Waals surface area contributed by atoms with Gasteiger partial charge in [0.15, 0.2) is 5.82 Å². The number of hydrogen-bond donors (Lipinski definition) is 1. The maximum atomic E-state index is 13.3. The molecule has 0 unspecified atom stereocenters. The smallest absolute Gasteiger partial charge is 0.258 e. The van der Waals surface area contributed by atoms with E-state index in [1.165, 1.54) is 6.07 Å². The molecule has 0 bridgehead atoms. The van der Waals surface area contributed by atoms with Crippen LogP contribution in [0, 0.1) is 5.82 Å². The number of benzene rings is 1. The Kier molecular flexibility index (Phi) is 3.86. The zero-order valence-corrected chi connectivity index (χ0v) is 10.6. The Morgan fingerprint density at radius 1 is 1.41 bits per heavy atom. The fraction of sp³-hybridized carbons (Fsp3) is 0.273. The van der Waals surface area contributed by atoms with Crippen LogP contribution in [0.5, 0.6) is 0 Å². The second kappa shape index (κ2) is 5.37. The third-order valence-corrected chi connectivity index (χ3v) is 2.88. The molecule has 6 heteroatoms. The lowest BCUT2D eigenvalue weighted by Crippen LogP contribution is -2.01. The molecule has 0 fully saturated rings. The minimum absolute atomic E-state index is 0.323. The van der Waals surface area contributed by atoms with E-state index in [2.05, 4.69) is 26.1 Å². The maximum Gasteiger partial charge on any atom is 0.258 e. The highest BCUT2D eigenvalue weighted by Crippen LogP contribution is 2.23. The average molecular weight is 300 g/mol. The number of aryl methyl sites for hydroxylation is 1. The van der Waals surface area contributed by atoms with Crippen molar-refractivity contribution in [1.29, 1.82) is 0 Å². The van der Waals surface area contributed by atoms with Crippen LogP contribution in [0.15, 0.2) is 27.2 Å². The molecule has 17 heavy (non-hydrogen) atoms. The summed E-state index contributed by atoms with van der Waals surface area (Å²) in [5, 5.41) is 3.81. The van der Waals surface area contributed by atoms with E-state index in [9.17, 15) is 4.39 Å². The van der Waals surface area contributed by atoms with Gasteiger partial charge in [0.25, 0.3) is 5.89 Å². The Balaban J connectivity index is 2.21. The van der Waals surface area contributed by atoms with Crippen LogP contribution >= 0.6 is 15.9 Å². The zero-order valence-electron chi connectivity index (χ0n) is 8.99. The molecule has 0 atom stereocenters. The summed E-state index contributed by atoms with van der Waals surface area (Å²) in [5.41, 5.74) is 5.96. The van der Waals surface area contributed by atoms with Crippen molar-refractivity contribution in [2.45, 2.75) is 12.8 Å². The number of nitrogens with two attached hydrogens (primary N) is 1. The molecule has 0 aliphatic carbocycles. The Morgan fingerprint density at radius 3 is 2.94 bits per heavy atom. The average Bonchev–Trinajstić information content (AvgIpc) is 2.79. The summed E-state index contributed by atoms with van der Waals surface area (Å²) in [5.74, 6) is 0.557. The second-order valence-corrected chi connectivity index (χ2v) is 4.39. The van der Waals surface area contributed by atoms with Crippen LogP contribution in [0.1, 0.15) is 12.2 Å². The van der Waals surface area contributed by atoms with Crippen LogP contribution in [-0.2, 0) is 6.42 Å². The van der Waals surface area contributed by atoms with Crippen LogP contribution < -0.4 is 5.73 Å². The van der Waals surface area contributed by atoms with Crippen molar-refractivity contribution >= 4 is 15.9 Å². The monoisotopic (exact) mass is 299 g/mol. The molecule has 0 amide bonds. The topological polar surface area (TPSA) is 64.9 Å². The van der Waals surface area contributed by atoms with Gasteiger partial charge in [-0.2, -0.15) is 4.98 Å². The quantitative estimate of drug-likeness (QED) is 0.942. The van der Waals surface area contributed by atoms with E-state index in [1.54, 1.807) is 12.1 Å². The van der Waals surface area contributed by atoms with E-state index < -0.39 is 0 Å². The molecule has 0 saturated carbocycles. The Morgan fingerprint density at radius 2 is 2.24 bits per heavy atom. The predicted molar refractivity (Wildman–Crippen MR) is 64.8 cm³/mol.